The summed E-state index contributed by atoms with van der Waals surface area (Å²) in [7, 11) is 0. The number of hydrogen-bond donors (Lipinski definition) is 0. The van der Waals surface area contributed by atoms with Crippen LogP contribution < -0.4 is 4.74 Å². The van der Waals surface area contributed by atoms with Crippen LogP contribution in [0, 0.1) is 13.8 Å². The summed E-state index contributed by atoms with van der Waals surface area (Å²) in [6.07, 6.45) is 3.60. The highest BCUT2D eigenvalue weighted by Gasteiger charge is 2.31. The molecule has 1 amide bonds. The van der Waals surface area contributed by atoms with Crippen LogP contribution >= 0.6 is 35.6 Å². The van der Waals surface area contributed by atoms with Gasteiger partial charge in [-0.15, -0.1) is 6.58 Å². The van der Waals surface area contributed by atoms with E-state index in [2.05, 4.69) is 24.1 Å². The van der Waals surface area contributed by atoms with E-state index in [4.69, 9.17) is 28.6 Å². The van der Waals surface area contributed by atoms with Crippen LogP contribution in [0.3, 0.4) is 0 Å². The van der Waals surface area contributed by atoms with E-state index in [1.54, 1.807) is 11.0 Å². The van der Waals surface area contributed by atoms with Crippen molar-refractivity contribution in [3.05, 3.63) is 99.7 Å². The lowest BCUT2D eigenvalue weighted by molar-refractivity contribution is -0.121. The smallest absolute Gasteiger partial charge is 0.266 e. The first-order chi connectivity index (χ1) is 15.9. The van der Waals surface area contributed by atoms with Crippen LogP contribution in [0.2, 0.25) is 5.02 Å². The SMILES string of the molecule is C=CCN1C(=O)/C(=C/c2cc(C)n(-c3ccc(OCc4ccccc4Cl)cc3)c2C)SC1=S. The zero-order chi connectivity index (χ0) is 23.5. The minimum absolute atomic E-state index is 0.0743. The van der Waals surface area contributed by atoms with Crippen molar-refractivity contribution < 1.29 is 9.53 Å². The van der Waals surface area contributed by atoms with E-state index >= 15 is 0 Å². The van der Waals surface area contributed by atoms with E-state index < -0.39 is 0 Å². The molecule has 2 heterocycles. The number of amides is 1. The number of carbonyl (C=O) groups excluding carboxylic acids is 1. The van der Waals surface area contributed by atoms with Gasteiger partial charge in [-0.2, -0.15) is 0 Å². The Morgan fingerprint density at radius 3 is 2.58 bits per heavy atom. The number of thioether (sulfide) groups is 1. The Morgan fingerprint density at radius 2 is 1.88 bits per heavy atom. The Labute approximate surface area is 208 Å². The molecular weight excluding hydrogens is 472 g/mol. The van der Waals surface area contributed by atoms with E-state index in [9.17, 15) is 4.79 Å². The lowest BCUT2D eigenvalue weighted by atomic mass is 10.2. The number of halogens is 1. The molecule has 0 N–H and O–H groups in total. The topological polar surface area (TPSA) is 34.5 Å². The van der Waals surface area contributed by atoms with Crippen molar-refractivity contribution in [3.8, 4) is 11.4 Å². The number of aryl methyl sites for hydroxylation is 1. The second-order valence-corrected chi connectivity index (χ2v) is 9.70. The summed E-state index contributed by atoms with van der Waals surface area (Å²) in [6, 6.07) is 17.7. The molecule has 7 heteroatoms. The molecular formula is C26H23ClN2O2S2. The molecule has 0 atom stereocenters. The first-order valence-electron chi connectivity index (χ1n) is 10.4. The van der Waals surface area contributed by atoms with E-state index in [1.165, 1.54) is 11.8 Å². The largest absolute Gasteiger partial charge is 0.489 e. The van der Waals surface area contributed by atoms with Crippen molar-refractivity contribution in [3.63, 3.8) is 0 Å². The van der Waals surface area contributed by atoms with Gasteiger partial charge in [0.1, 0.15) is 16.7 Å². The summed E-state index contributed by atoms with van der Waals surface area (Å²) in [6.45, 7) is 8.63. The number of thiocarbonyl (C=S) groups is 1. The van der Waals surface area contributed by atoms with Crippen molar-refractivity contribution >= 4 is 51.9 Å². The Hall–Kier alpha value is -2.80. The number of hydrogen-bond acceptors (Lipinski definition) is 4. The van der Waals surface area contributed by atoms with Crippen LogP contribution in [0.5, 0.6) is 5.75 Å². The standard InChI is InChI=1S/C26H23ClN2O2S2/c1-4-13-28-25(30)24(33-26(28)32)15-20-14-17(2)29(18(20)3)21-9-11-22(12-10-21)31-16-19-7-5-6-8-23(19)27/h4-12,14-15H,1,13,16H2,2-3H3/b24-15-. The van der Waals surface area contributed by atoms with Gasteiger partial charge in [0, 0.05) is 34.2 Å². The fourth-order valence-corrected chi connectivity index (χ4v) is 5.18. The number of benzene rings is 2. The van der Waals surface area contributed by atoms with E-state index in [1.807, 2.05) is 61.5 Å². The maximum Gasteiger partial charge on any atom is 0.266 e. The highest BCUT2D eigenvalue weighted by molar-refractivity contribution is 8.26. The first kappa shape index (κ1) is 23.4. The average Bonchev–Trinajstić information content (AvgIpc) is 3.23. The number of ether oxygens (including phenoxy) is 1. The summed E-state index contributed by atoms with van der Waals surface area (Å²) in [4.78, 5) is 14.9. The van der Waals surface area contributed by atoms with E-state index in [0.717, 1.165) is 34.0 Å². The van der Waals surface area contributed by atoms with Gasteiger partial charge in [0.25, 0.3) is 5.91 Å². The molecule has 1 fully saturated rings. The summed E-state index contributed by atoms with van der Waals surface area (Å²) in [5, 5.41) is 0.696. The molecule has 0 radical (unpaired) electrons. The number of aromatic nitrogens is 1. The molecule has 0 unspecified atom stereocenters. The molecule has 168 valence electrons. The second kappa shape index (κ2) is 10.00. The zero-order valence-corrected chi connectivity index (χ0v) is 20.8. The average molecular weight is 495 g/mol. The Kier molecular flexibility index (Phi) is 7.08. The predicted molar refractivity (Wildman–Crippen MR) is 141 cm³/mol. The fraction of sp³-hybridized carbons (Fsp3) is 0.154. The van der Waals surface area contributed by atoms with Gasteiger partial charge in [-0.25, -0.2) is 0 Å². The Bertz CT molecular complexity index is 1260. The van der Waals surface area contributed by atoms with E-state index in [-0.39, 0.29) is 5.91 Å². The highest BCUT2D eigenvalue weighted by atomic mass is 35.5. The Morgan fingerprint density at radius 1 is 1.15 bits per heavy atom. The lowest BCUT2D eigenvalue weighted by Crippen LogP contribution is -2.27. The molecule has 4 rings (SSSR count). The Balaban J connectivity index is 1.53. The van der Waals surface area contributed by atoms with Crippen molar-refractivity contribution in [2.45, 2.75) is 20.5 Å². The summed E-state index contributed by atoms with van der Waals surface area (Å²) < 4.78 is 8.63. The van der Waals surface area contributed by atoms with Gasteiger partial charge in [0.2, 0.25) is 0 Å². The van der Waals surface area contributed by atoms with Crippen LogP contribution in [-0.4, -0.2) is 26.2 Å². The molecule has 3 aromatic rings. The minimum Gasteiger partial charge on any atom is -0.489 e. The highest BCUT2D eigenvalue weighted by Crippen LogP contribution is 2.34. The van der Waals surface area contributed by atoms with E-state index in [0.29, 0.717) is 27.4 Å². The molecule has 1 aliphatic heterocycles. The first-order valence-corrected chi connectivity index (χ1v) is 12.0. The lowest BCUT2D eigenvalue weighted by Gasteiger charge is -2.12. The van der Waals surface area contributed by atoms with Crippen LogP contribution in [0.25, 0.3) is 11.8 Å². The van der Waals surface area contributed by atoms with Crippen LogP contribution in [0.4, 0.5) is 0 Å². The quantitative estimate of drug-likeness (QED) is 0.207. The van der Waals surface area contributed by atoms with Gasteiger partial charge in [0.05, 0.1) is 4.91 Å². The normalized spacial score (nSPS) is 14.9. The van der Waals surface area contributed by atoms with Gasteiger partial charge in [0.15, 0.2) is 0 Å². The number of rotatable bonds is 7. The van der Waals surface area contributed by atoms with Crippen molar-refractivity contribution in [2.24, 2.45) is 0 Å². The third kappa shape index (κ3) is 4.93. The molecule has 0 aliphatic carbocycles. The fourth-order valence-electron chi connectivity index (χ4n) is 3.73. The minimum atomic E-state index is -0.0743. The third-order valence-corrected chi connectivity index (χ3v) is 7.14. The van der Waals surface area contributed by atoms with Crippen LogP contribution in [-0.2, 0) is 11.4 Å². The molecule has 1 aliphatic rings. The molecule has 1 saturated heterocycles. The van der Waals surface area contributed by atoms with Crippen molar-refractivity contribution in [2.75, 3.05) is 6.54 Å². The van der Waals surface area contributed by atoms with Gasteiger partial charge in [-0.3, -0.25) is 9.69 Å². The van der Waals surface area contributed by atoms with Gasteiger partial charge in [-0.1, -0.05) is 59.9 Å². The predicted octanol–water partition coefficient (Wildman–Crippen LogP) is 6.71. The van der Waals surface area contributed by atoms with Crippen LogP contribution in [0.15, 0.2) is 72.2 Å². The molecule has 0 saturated carbocycles. The van der Waals surface area contributed by atoms with Gasteiger partial charge >= 0.3 is 0 Å². The summed E-state index contributed by atoms with van der Waals surface area (Å²) >= 11 is 12.9. The molecule has 1 aromatic heterocycles. The van der Waals surface area contributed by atoms with Crippen molar-refractivity contribution in [1.29, 1.82) is 0 Å². The van der Waals surface area contributed by atoms with Crippen molar-refractivity contribution in [1.82, 2.24) is 9.47 Å². The molecule has 0 bridgehead atoms. The molecule has 33 heavy (non-hydrogen) atoms. The number of nitrogens with zero attached hydrogens (tertiary/aromatic N) is 2. The third-order valence-electron chi connectivity index (χ3n) is 5.39. The maximum absolute atomic E-state index is 12.7. The monoisotopic (exact) mass is 494 g/mol. The number of carbonyl (C=O) groups is 1. The molecule has 4 nitrogen and oxygen atoms in total. The summed E-state index contributed by atoms with van der Waals surface area (Å²) in [5.41, 5.74) is 5.08. The van der Waals surface area contributed by atoms with Crippen LogP contribution in [0.1, 0.15) is 22.5 Å². The molecule has 2 aromatic carbocycles. The second-order valence-electron chi connectivity index (χ2n) is 7.62. The molecule has 0 spiro atoms. The van der Waals surface area contributed by atoms with Gasteiger partial charge in [-0.05, 0) is 61.9 Å². The maximum atomic E-state index is 12.7. The summed E-state index contributed by atoms with van der Waals surface area (Å²) in [5.74, 6) is 0.696. The zero-order valence-electron chi connectivity index (χ0n) is 18.4. The van der Waals surface area contributed by atoms with Gasteiger partial charge < -0.3 is 9.30 Å².